The first-order valence-electron chi connectivity index (χ1n) is 12.2. The van der Waals surface area contributed by atoms with Gasteiger partial charge in [-0.2, -0.15) is 5.10 Å². The van der Waals surface area contributed by atoms with E-state index in [4.69, 9.17) is 0 Å². The lowest BCUT2D eigenvalue weighted by atomic mass is 10.1. The van der Waals surface area contributed by atoms with E-state index in [2.05, 4.69) is 35.5 Å². The molecule has 6 aromatic rings. The van der Waals surface area contributed by atoms with Crippen molar-refractivity contribution in [3.05, 3.63) is 66.1 Å². The fraction of sp³-hybridized carbons (Fsp3) is 0.143. The van der Waals surface area contributed by atoms with Gasteiger partial charge in [-0.05, 0) is 49.7 Å². The number of carbonyl (C=O) groups is 2. The summed E-state index contributed by atoms with van der Waals surface area (Å²) in [4.78, 5) is 42.4. The van der Waals surface area contributed by atoms with Crippen molar-refractivity contribution in [2.24, 2.45) is 0 Å². The highest BCUT2D eigenvalue weighted by Crippen LogP contribution is 2.36. The molecule has 10 heteroatoms. The van der Waals surface area contributed by atoms with Crippen LogP contribution in [0.1, 0.15) is 36.4 Å². The zero-order valence-electron chi connectivity index (χ0n) is 20.7. The first kappa shape index (κ1) is 23.7. The zero-order chi connectivity index (χ0) is 26.2. The van der Waals surface area contributed by atoms with Crippen LogP contribution in [-0.2, 0) is 4.79 Å². The summed E-state index contributed by atoms with van der Waals surface area (Å²) in [5, 5.41) is 12.3. The Morgan fingerprint density at radius 3 is 2.74 bits per heavy atom. The van der Waals surface area contributed by atoms with E-state index >= 15 is 0 Å². The number of nitrogens with zero attached hydrogens (tertiary/aromatic N) is 4. The lowest BCUT2D eigenvalue weighted by molar-refractivity contribution is -0.116. The highest BCUT2D eigenvalue weighted by molar-refractivity contribution is 7.17. The van der Waals surface area contributed by atoms with Gasteiger partial charge in [0, 0.05) is 45.6 Å². The molecule has 6 heterocycles. The molecule has 0 aromatic carbocycles. The number of aromatic nitrogens is 6. The number of ketones is 1. The Morgan fingerprint density at radius 1 is 1.03 bits per heavy atom. The Balaban J connectivity index is 1.39. The van der Waals surface area contributed by atoms with Crippen LogP contribution in [0.2, 0.25) is 0 Å². The molecule has 38 heavy (non-hydrogen) atoms. The van der Waals surface area contributed by atoms with E-state index in [1.807, 2.05) is 43.3 Å². The summed E-state index contributed by atoms with van der Waals surface area (Å²) < 4.78 is 0. The van der Waals surface area contributed by atoms with Crippen molar-refractivity contribution in [2.75, 3.05) is 5.32 Å². The fourth-order valence-electron chi connectivity index (χ4n) is 4.42. The van der Waals surface area contributed by atoms with Crippen molar-refractivity contribution in [1.82, 2.24) is 30.1 Å². The van der Waals surface area contributed by atoms with Crippen LogP contribution in [0.5, 0.6) is 0 Å². The van der Waals surface area contributed by atoms with Gasteiger partial charge in [0.2, 0.25) is 5.91 Å². The molecular weight excluding hydrogens is 498 g/mol. The van der Waals surface area contributed by atoms with Crippen LogP contribution in [0.25, 0.3) is 55.0 Å². The molecule has 188 valence electrons. The number of rotatable bonds is 7. The predicted molar refractivity (Wildman–Crippen MR) is 149 cm³/mol. The second-order valence-electron chi connectivity index (χ2n) is 8.97. The molecule has 0 fully saturated rings. The minimum atomic E-state index is -0.0427. The molecule has 0 aliphatic carbocycles. The molecule has 6 aromatic heterocycles. The largest absolute Gasteiger partial charge is 0.338 e. The SMILES string of the molecule is CCCC(=O)Nc1cncc(-c2cc3c(-c4cc5c(-c6ccc(C(C)=O)s6)ccnc5[nH]4)n[nH]c3cn2)c1. The minimum absolute atomic E-state index is 0.0427. The van der Waals surface area contributed by atoms with Crippen LogP contribution in [0.3, 0.4) is 0 Å². The normalized spacial score (nSPS) is 11.3. The van der Waals surface area contributed by atoms with Gasteiger partial charge in [0.1, 0.15) is 11.3 Å². The second-order valence-corrected chi connectivity index (χ2v) is 10.1. The van der Waals surface area contributed by atoms with E-state index in [9.17, 15) is 9.59 Å². The van der Waals surface area contributed by atoms with Gasteiger partial charge in [-0.25, -0.2) is 4.98 Å². The van der Waals surface area contributed by atoms with Gasteiger partial charge in [0.15, 0.2) is 5.78 Å². The lowest BCUT2D eigenvalue weighted by Gasteiger charge is -2.06. The molecule has 0 saturated heterocycles. The maximum atomic E-state index is 12.0. The Kier molecular flexibility index (Phi) is 6.01. The number of amides is 1. The van der Waals surface area contributed by atoms with Crippen LogP contribution in [0, 0.1) is 0 Å². The van der Waals surface area contributed by atoms with Crippen molar-refractivity contribution < 1.29 is 9.59 Å². The summed E-state index contributed by atoms with van der Waals surface area (Å²) in [5.74, 6) is 0.0108. The van der Waals surface area contributed by atoms with E-state index in [1.165, 1.54) is 11.3 Å². The molecule has 1 amide bonds. The van der Waals surface area contributed by atoms with Crippen molar-refractivity contribution >= 4 is 50.7 Å². The third kappa shape index (κ3) is 4.35. The number of H-pyrrole nitrogens is 2. The molecule has 0 atom stereocenters. The van der Waals surface area contributed by atoms with Crippen LogP contribution in [0.15, 0.2) is 61.2 Å². The first-order chi connectivity index (χ1) is 18.5. The van der Waals surface area contributed by atoms with Gasteiger partial charge in [-0.3, -0.25) is 24.7 Å². The van der Waals surface area contributed by atoms with Crippen molar-refractivity contribution in [3.63, 3.8) is 0 Å². The standard InChI is InChI=1S/C28H23N7O2S/c1-3-4-26(37)32-17-9-16(12-29-13-17)21-11-20-23(14-31-21)34-35-27(20)22-10-19-18(7-8-30-28(19)33-22)25-6-5-24(38-25)15(2)36/h5-14H,3-4H2,1-2H3,(H,30,33)(H,32,37)(H,34,35). The number of nitrogens with one attached hydrogen (secondary N) is 3. The number of carbonyl (C=O) groups excluding carboxylic acids is 2. The second kappa shape index (κ2) is 9.64. The summed E-state index contributed by atoms with van der Waals surface area (Å²) in [5.41, 5.74) is 6.21. The van der Waals surface area contributed by atoms with Gasteiger partial charge < -0.3 is 10.3 Å². The number of hydrogen-bond acceptors (Lipinski definition) is 7. The van der Waals surface area contributed by atoms with Crippen LogP contribution < -0.4 is 5.32 Å². The average Bonchev–Trinajstić information content (AvgIpc) is 3.66. The highest BCUT2D eigenvalue weighted by Gasteiger charge is 2.17. The number of pyridine rings is 3. The monoisotopic (exact) mass is 521 g/mol. The maximum absolute atomic E-state index is 12.0. The molecule has 0 aliphatic rings. The minimum Gasteiger partial charge on any atom is -0.338 e. The summed E-state index contributed by atoms with van der Waals surface area (Å²) in [6, 6.07) is 11.6. The number of aromatic amines is 2. The van der Waals surface area contributed by atoms with Gasteiger partial charge in [-0.1, -0.05) is 6.92 Å². The summed E-state index contributed by atoms with van der Waals surface area (Å²) in [7, 11) is 0. The quantitative estimate of drug-likeness (QED) is 0.214. The average molecular weight is 522 g/mol. The predicted octanol–water partition coefficient (Wildman–Crippen LogP) is 6.23. The van der Waals surface area contributed by atoms with Gasteiger partial charge in [0.05, 0.1) is 39.9 Å². The number of anilines is 1. The number of fused-ring (bicyclic) bond motifs is 2. The molecule has 6 rings (SSSR count). The Hall–Kier alpha value is -4.70. The van der Waals surface area contributed by atoms with Crippen LogP contribution in [-0.4, -0.2) is 41.8 Å². The van der Waals surface area contributed by atoms with E-state index in [-0.39, 0.29) is 11.7 Å². The molecule has 3 N–H and O–H groups in total. The third-order valence-electron chi connectivity index (χ3n) is 6.25. The van der Waals surface area contributed by atoms with E-state index in [0.29, 0.717) is 17.8 Å². The molecule has 0 aliphatic heterocycles. The van der Waals surface area contributed by atoms with Gasteiger partial charge in [-0.15, -0.1) is 11.3 Å². The molecule has 0 radical (unpaired) electrons. The summed E-state index contributed by atoms with van der Waals surface area (Å²) in [6.07, 6.45) is 8.08. The summed E-state index contributed by atoms with van der Waals surface area (Å²) in [6.45, 7) is 3.54. The van der Waals surface area contributed by atoms with E-state index in [0.717, 1.165) is 60.6 Å². The van der Waals surface area contributed by atoms with Crippen molar-refractivity contribution in [2.45, 2.75) is 26.7 Å². The first-order valence-corrected chi connectivity index (χ1v) is 13.0. The molecule has 0 unspecified atom stereocenters. The van der Waals surface area contributed by atoms with E-state index in [1.54, 1.807) is 31.7 Å². The Labute approximate surface area is 221 Å². The fourth-order valence-corrected chi connectivity index (χ4v) is 5.36. The zero-order valence-corrected chi connectivity index (χ0v) is 21.5. The van der Waals surface area contributed by atoms with Crippen molar-refractivity contribution in [3.8, 4) is 33.1 Å². The molecule has 0 spiro atoms. The number of hydrogen-bond donors (Lipinski definition) is 3. The number of Topliss-reactive ketones (excluding diaryl/α,β-unsaturated/α-hetero) is 1. The van der Waals surface area contributed by atoms with E-state index < -0.39 is 0 Å². The number of thiophene rings is 1. The Morgan fingerprint density at radius 2 is 1.92 bits per heavy atom. The van der Waals surface area contributed by atoms with Crippen LogP contribution in [0.4, 0.5) is 5.69 Å². The van der Waals surface area contributed by atoms with Gasteiger partial charge in [0.25, 0.3) is 0 Å². The topological polar surface area (TPSA) is 129 Å². The molecule has 0 bridgehead atoms. The Bertz CT molecular complexity index is 1830. The molecule has 0 saturated carbocycles. The van der Waals surface area contributed by atoms with Gasteiger partial charge >= 0.3 is 0 Å². The molecule has 9 nitrogen and oxygen atoms in total. The lowest BCUT2D eigenvalue weighted by Crippen LogP contribution is -2.10. The van der Waals surface area contributed by atoms with Crippen LogP contribution >= 0.6 is 11.3 Å². The third-order valence-corrected chi connectivity index (χ3v) is 7.47. The molecular formula is C28H23N7O2S. The highest BCUT2D eigenvalue weighted by atomic mass is 32.1. The summed E-state index contributed by atoms with van der Waals surface area (Å²) >= 11 is 1.47. The maximum Gasteiger partial charge on any atom is 0.224 e. The van der Waals surface area contributed by atoms with Crippen molar-refractivity contribution in [1.29, 1.82) is 0 Å². The smallest absolute Gasteiger partial charge is 0.224 e.